The smallest absolute Gasteiger partial charge is 0.271 e. The van der Waals surface area contributed by atoms with Crippen molar-refractivity contribution in [3.63, 3.8) is 0 Å². The van der Waals surface area contributed by atoms with Crippen molar-refractivity contribution in [3.05, 3.63) is 23.2 Å². The summed E-state index contributed by atoms with van der Waals surface area (Å²) in [6, 6.07) is 4.81. The van der Waals surface area contributed by atoms with Crippen LogP contribution in [0.1, 0.15) is 26.7 Å². The average Bonchev–Trinajstić information content (AvgIpc) is 2.52. The predicted molar refractivity (Wildman–Crippen MR) is 93.0 cm³/mol. The highest BCUT2D eigenvalue weighted by molar-refractivity contribution is 6.43. The lowest BCUT2D eigenvalue weighted by molar-refractivity contribution is -0.130. The zero-order chi connectivity index (χ0) is 17.9. The first-order chi connectivity index (χ1) is 11.3. The maximum Gasteiger partial charge on any atom is 0.271 e. The normalized spacial score (nSPS) is 14.5. The molecule has 0 atom stereocenters. The van der Waals surface area contributed by atoms with E-state index in [9.17, 15) is 14.4 Å². The lowest BCUT2D eigenvalue weighted by atomic mass is 10.1. The van der Waals surface area contributed by atoms with E-state index in [2.05, 4.69) is 15.7 Å². The molecule has 8 heteroatoms. The number of rotatable bonds is 4. The molecule has 0 unspecified atom stereocenters. The van der Waals surface area contributed by atoms with Crippen LogP contribution in [0.25, 0.3) is 0 Å². The van der Waals surface area contributed by atoms with Crippen LogP contribution in [0.4, 0.5) is 11.4 Å². The first-order valence-electron chi connectivity index (χ1n) is 7.53. The summed E-state index contributed by atoms with van der Waals surface area (Å²) in [6.07, 6.45) is 0.551. The first kappa shape index (κ1) is 17.9. The number of amides is 3. The molecule has 0 aromatic heterocycles. The number of hydrogen-bond acceptors (Lipinski definition) is 4. The van der Waals surface area contributed by atoms with Gasteiger partial charge in [-0.05, 0) is 18.2 Å². The van der Waals surface area contributed by atoms with Crippen molar-refractivity contribution < 1.29 is 14.4 Å². The highest BCUT2D eigenvalue weighted by atomic mass is 35.5. The zero-order valence-electron chi connectivity index (χ0n) is 13.7. The van der Waals surface area contributed by atoms with Crippen molar-refractivity contribution >= 4 is 46.4 Å². The zero-order valence-corrected chi connectivity index (χ0v) is 14.5. The van der Waals surface area contributed by atoms with Crippen LogP contribution >= 0.6 is 11.6 Å². The van der Waals surface area contributed by atoms with Gasteiger partial charge in [0.15, 0.2) is 0 Å². The van der Waals surface area contributed by atoms with Crippen LogP contribution in [0.15, 0.2) is 23.3 Å². The molecular formula is C16H19ClN4O3. The molecule has 0 fully saturated rings. The number of anilines is 2. The van der Waals surface area contributed by atoms with Crippen molar-refractivity contribution in [1.82, 2.24) is 5.01 Å². The molecule has 0 saturated heterocycles. The molecule has 0 spiro atoms. The number of nitrogens with zero attached hydrogens (tertiary/aromatic N) is 2. The topological polar surface area (TPSA) is 90.9 Å². The van der Waals surface area contributed by atoms with Gasteiger partial charge in [0.2, 0.25) is 11.8 Å². The van der Waals surface area contributed by atoms with Gasteiger partial charge in [-0.1, -0.05) is 25.4 Å². The molecule has 0 saturated carbocycles. The van der Waals surface area contributed by atoms with Crippen LogP contribution in [0, 0.1) is 5.92 Å². The number of carbonyl (C=O) groups is 3. The molecule has 0 radical (unpaired) electrons. The largest absolute Gasteiger partial charge is 0.325 e. The summed E-state index contributed by atoms with van der Waals surface area (Å²) >= 11 is 6.14. The fraction of sp³-hybridized carbons (Fsp3) is 0.375. The Balaban J connectivity index is 2.07. The maximum atomic E-state index is 12.2. The lowest BCUT2D eigenvalue weighted by Crippen LogP contribution is -2.34. The molecule has 2 N–H and O–H groups in total. The monoisotopic (exact) mass is 350 g/mol. The Morgan fingerprint density at radius 3 is 2.54 bits per heavy atom. The number of hydrogen-bond donors (Lipinski definition) is 2. The van der Waals surface area contributed by atoms with Gasteiger partial charge in [0.05, 0.1) is 10.7 Å². The van der Waals surface area contributed by atoms with E-state index in [0.717, 1.165) is 5.01 Å². The molecule has 3 amide bonds. The van der Waals surface area contributed by atoms with Gasteiger partial charge in [0.1, 0.15) is 5.71 Å². The third-order valence-electron chi connectivity index (χ3n) is 3.48. The summed E-state index contributed by atoms with van der Waals surface area (Å²) in [7, 11) is 1.51. The molecule has 128 valence electrons. The third kappa shape index (κ3) is 4.32. The number of halogens is 1. The molecule has 1 aliphatic heterocycles. The van der Waals surface area contributed by atoms with Crippen LogP contribution in [-0.2, 0) is 14.4 Å². The average molecular weight is 351 g/mol. The van der Waals surface area contributed by atoms with Crippen LogP contribution in [0.5, 0.6) is 0 Å². The van der Waals surface area contributed by atoms with E-state index >= 15 is 0 Å². The molecule has 24 heavy (non-hydrogen) atoms. The number of benzene rings is 1. The van der Waals surface area contributed by atoms with Gasteiger partial charge in [-0.2, -0.15) is 5.10 Å². The van der Waals surface area contributed by atoms with Gasteiger partial charge < -0.3 is 10.6 Å². The number of hydrazone groups is 1. The van der Waals surface area contributed by atoms with Crippen molar-refractivity contribution in [3.8, 4) is 0 Å². The third-order valence-corrected chi connectivity index (χ3v) is 3.79. The lowest BCUT2D eigenvalue weighted by Gasteiger charge is -2.19. The van der Waals surface area contributed by atoms with Gasteiger partial charge in [-0.15, -0.1) is 0 Å². The Morgan fingerprint density at radius 1 is 1.25 bits per heavy atom. The Hall–Kier alpha value is -2.41. The molecule has 7 nitrogen and oxygen atoms in total. The minimum atomic E-state index is -0.385. The fourth-order valence-electron chi connectivity index (χ4n) is 2.01. The van der Waals surface area contributed by atoms with Crippen molar-refractivity contribution in [2.24, 2.45) is 11.0 Å². The maximum absolute atomic E-state index is 12.2. The second-order valence-corrected chi connectivity index (χ2v) is 6.16. The molecule has 0 bridgehead atoms. The van der Waals surface area contributed by atoms with Crippen molar-refractivity contribution in [2.75, 3.05) is 17.7 Å². The number of nitrogens with one attached hydrogen (secondary N) is 2. The van der Waals surface area contributed by atoms with E-state index < -0.39 is 0 Å². The quantitative estimate of drug-likeness (QED) is 0.873. The van der Waals surface area contributed by atoms with Crippen molar-refractivity contribution in [2.45, 2.75) is 26.7 Å². The summed E-state index contributed by atoms with van der Waals surface area (Å²) in [4.78, 5) is 35.3. The van der Waals surface area contributed by atoms with E-state index in [1.54, 1.807) is 32.0 Å². The van der Waals surface area contributed by atoms with Gasteiger partial charge in [-0.3, -0.25) is 14.4 Å². The van der Waals surface area contributed by atoms with E-state index in [1.807, 2.05) is 0 Å². The molecule has 0 aliphatic carbocycles. The Labute approximate surface area is 145 Å². The second-order valence-electron chi connectivity index (χ2n) is 5.76. The predicted octanol–water partition coefficient (Wildman–Crippen LogP) is 2.48. The van der Waals surface area contributed by atoms with Crippen LogP contribution in [-0.4, -0.2) is 35.5 Å². The van der Waals surface area contributed by atoms with E-state index in [4.69, 9.17) is 11.6 Å². The second kappa shape index (κ2) is 7.44. The summed E-state index contributed by atoms with van der Waals surface area (Å²) < 4.78 is 0. The highest BCUT2D eigenvalue weighted by Crippen LogP contribution is 2.26. The standard InChI is InChI=1S/C16H19ClN4O3/c1-9(2)15(23)19-12-5-4-10(8-11(12)17)18-16(24)13-6-7-14(22)21(3)20-13/h4-5,8-9H,6-7H2,1-3H3,(H,18,24)(H,19,23). The molecule has 2 rings (SSSR count). The minimum absolute atomic E-state index is 0.125. The minimum Gasteiger partial charge on any atom is -0.325 e. The Bertz CT molecular complexity index is 715. The Morgan fingerprint density at radius 2 is 1.96 bits per heavy atom. The van der Waals surface area contributed by atoms with E-state index in [1.165, 1.54) is 7.05 Å². The van der Waals surface area contributed by atoms with Gasteiger partial charge in [-0.25, -0.2) is 5.01 Å². The molecule has 1 aromatic carbocycles. The molecule has 1 aliphatic rings. The highest BCUT2D eigenvalue weighted by Gasteiger charge is 2.22. The van der Waals surface area contributed by atoms with E-state index in [-0.39, 0.29) is 35.8 Å². The SMILES string of the molecule is CC(C)C(=O)Nc1ccc(NC(=O)C2=NN(C)C(=O)CC2)cc1Cl. The van der Waals surface area contributed by atoms with Crippen LogP contribution in [0.2, 0.25) is 5.02 Å². The van der Waals surface area contributed by atoms with Crippen molar-refractivity contribution in [1.29, 1.82) is 0 Å². The van der Waals surface area contributed by atoms with E-state index in [0.29, 0.717) is 22.8 Å². The summed E-state index contributed by atoms with van der Waals surface area (Å²) in [5.41, 5.74) is 1.24. The fourth-order valence-corrected chi connectivity index (χ4v) is 2.24. The molecule has 1 aromatic rings. The molecule has 1 heterocycles. The van der Waals surface area contributed by atoms with Crippen LogP contribution < -0.4 is 10.6 Å². The first-order valence-corrected chi connectivity index (χ1v) is 7.91. The summed E-state index contributed by atoms with van der Waals surface area (Å²) in [5.74, 6) is -0.813. The number of carbonyl (C=O) groups excluding carboxylic acids is 3. The van der Waals surface area contributed by atoms with Crippen LogP contribution in [0.3, 0.4) is 0 Å². The molecular weight excluding hydrogens is 332 g/mol. The summed E-state index contributed by atoms with van der Waals surface area (Å²) in [6.45, 7) is 3.56. The van der Waals surface area contributed by atoms with Gasteiger partial charge in [0.25, 0.3) is 5.91 Å². The Kier molecular flexibility index (Phi) is 5.56. The van der Waals surface area contributed by atoms with Gasteiger partial charge in [0, 0.05) is 31.5 Å². The summed E-state index contributed by atoms with van der Waals surface area (Å²) in [5, 5.41) is 10.8. The van der Waals surface area contributed by atoms with Gasteiger partial charge >= 0.3 is 0 Å².